The first-order chi connectivity index (χ1) is 8.22. The van der Waals surface area contributed by atoms with Crippen molar-refractivity contribution < 1.29 is 4.74 Å². The molecule has 102 valence electrons. The summed E-state index contributed by atoms with van der Waals surface area (Å²) < 4.78 is 5.68. The van der Waals surface area contributed by atoms with E-state index < -0.39 is 0 Å². The van der Waals surface area contributed by atoms with E-state index in [1.807, 2.05) is 0 Å². The molecule has 0 saturated heterocycles. The van der Waals surface area contributed by atoms with E-state index in [1.54, 1.807) is 0 Å². The van der Waals surface area contributed by atoms with Gasteiger partial charge in [-0.2, -0.15) is 0 Å². The maximum Gasteiger partial charge on any atom is 0.0469 e. The molecule has 0 aromatic heterocycles. The summed E-state index contributed by atoms with van der Waals surface area (Å²) >= 11 is 0. The summed E-state index contributed by atoms with van der Waals surface area (Å²) in [7, 11) is 0. The van der Waals surface area contributed by atoms with Crippen LogP contribution in [0.1, 0.15) is 59.3 Å². The fourth-order valence-corrected chi connectivity index (χ4v) is 2.19. The molecule has 2 nitrogen and oxygen atoms in total. The third-order valence-electron chi connectivity index (χ3n) is 3.39. The third-order valence-corrected chi connectivity index (χ3v) is 3.39. The average Bonchev–Trinajstić information content (AvgIpc) is 3.08. The van der Waals surface area contributed by atoms with Gasteiger partial charge in [-0.05, 0) is 50.5 Å². The van der Waals surface area contributed by atoms with Gasteiger partial charge in [0.25, 0.3) is 0 Å². The molecule has 1 saturated carbocycles. The van der Waals surface area contributed by atoms with E-state index in [0.717, 1.165) is 31.1 Å². The quantitative estimate of drug-likeness (QED) is 0.558. The minimum absolute atomic E-state index is 0.802. The van der Waals surface area contributed by atoms with Crippen molar-refractivity contribution in [3.8, 4) is 0 Å². The normalized spacial score (nSPS) is 17.6. The summed E-state index contributed by atoms with van der Waals surface area (Å²) in [5, 5.41) is 3.66. The molecule has 0 spiro atoms. The van der Waals surface area contributed by atoms with Crippen molar-refractivity contribution in [3.63, 3.8) is 0 Å². The van der Waals surface area contributed by atoms with Gasteiger partial charge < -0.3 is 10.1 Å². The molecule has 2 heteroatoms. The molecule has 1 N–H and O–H groups in total. The number of hydrogen-bond donors (Lipinski definition) is 1. The molecular formula is C15H31NO. The highest BCUT2D eigenvalue weighted by molar-refractivity contribution is 4.82. The second kappa shape index (κ2) is 8.93. The van der Waals surface area contributed by atoms with E-state index >= 15 is 0 Å². The molecule has 0 radical (unpaired) electrons. The number of hydrogen-bond acceptors (Lipinski definition) is 2. The van der Waals surface area contributed by atoms with Crippen LogP contribution in [0.15, 0.2) is 0 Å². The summed E-state index contributed by atoms with van der Waals surface area (Å²) in [4.78, 5) is 0. The first-order valence-corrected chi connectivity index (χ1v) is 7.53. The Balaban J connectivity index is 2.05. The lowest BCUT2D eigenvalue weighted by atomic mass is 9.94. The Hall–Kier alpha value is -0.0800. The van der Waals surface area contributed by atoms with Crippen molar-refractivity contribution in [3.05, 3.63) is 0 Å². The molecule has 17 heavy (non-hydrogen) atoms. The molecule has 1 rings (SSSR count). The standard InChI is InChI=1S/C15H31NO/c1-4-5-9-17-10-8-14(11-13(2)3)12-16-15-6-7-15/h13-16H,4-12H2,1-3H3. The molecule has 0 amide bonds. The molecule has 1 atom stereocenters. The molecule has 0 aromatic rings. The Labute approximate surface area is 108 Å². The first-order valence-electron chi connectivity index (χ1n) is 7.53. The number of unbranched alkanes of at least 4 members (excludes halogenated alkanes) is 1. The van der Waals surface area contributed by atoms with Crippen LogP contribution in [0.25, 0.3) is 0 Å². The summed E-state index contributed by atoms with van der Waals surface area (Å²) in [6.45, 7) is 9.94. The van der Waals surface area contributed by atoms with Gasteiger partial charge in [-0.1, -0.05) is 27.2 Å². The number of rotatable bonds is 11. The lowest BCUT2D eigenvalue weighted by Gasteiger charge is -2.19. The van der Waals surface area contributed by atoms with Crippen molar-refractivity contribution >= 4 is 0 Å². The minimum atomic E-state index is 0.802. The second-order valence-electron chi connectivity index (χ2n) is 5.93. The number of nitrogens with one attached hydrogen (secondary N) is 1. The zero-order valence-corrected chi connectivity index (χ0v) is 12.0. The monoisotopic (exact) mass is 241 g/mol. The van der Waals surface area contributed by atoms with Crippen molar-refractivity contribution in [2.24, 2.45) is 11.8 Å². The van der Waals surface area contributed by atoms with Crippen LogP contribution in [0.2, 0.25) is 0 Å². The van der Waals surface area contributed by atoms with Gasteiger partial charge in [0.05, 0.1) is 0 Å². The van der Waals surface area contributed by atoms with Gasteiger partial charge in [-0.25, -0.2) is 0 Å². The summed E-state index contributed by atoms with van der Waals surface area (Å²) in [5.41, 5.74) is 0. The molecule has 0 bridgehead atoms. The van der Waals surface area contributed by atoms with Crippen molar-refractivity contribution in [2.45, 2.75) is 65.3 Å². The maximum absolute atomic E-state index is 5.68. The summed E-state index contributed by atoms with van der Waals surface area (Å²) in [5.74, 6) is 1.61. The SMILES string of the molecule is CCCCOCCC(CNC1CC1)CC(C)C. The molecule has 0 heterocycles. The van der Waals surface area contributed by atoms with E-state index in [2.05, 4.69) is 26.1 Å². The van der Waals surface area contributed by atoms with Gasteiger partial charge in [-0.3, -0.25) is 0 Å². The van der Waals surface area contributed by atoms with E-state index in [1.165, 1.54) is 45.1 Å². The van der Waals surface area contributed by atoms with Crippen LogP contribution in [0, 0.1) is 11.8 Å². The topological polar surface area (TPSA) is 21.3 Å². The fourth-order valence-electron chi connectivity index (χ4n) is 2.19. The lowest BCUT2D eigenvalue weighted by molar-refractivity contribution is 0.114. The van der Waals surface area contributed by atoms with Crippen LogP contribution in [-0.2, 0) is 4.74 Å². The highest BCUT2D eigenvalue weighted by atomic mass is 16.5. The Morgan fingerprint density at radius 1 is 1.24 bits per heavy atom. The van der Waals surface area contributed by atoms with E-state index in [9.17, 15) is 0 Å². The van der Waals surface area contributed by atoms with Gasteiger partial charge in [0, 0.05) is 19.3 Å². The Morgan fingerprint density at radius 2 is 2.00 bits per heavy atom. The second-order valence-corrected chi connectivity index (χ2v) is 5.93. The van der Waals surface area contributed by atoms with Crippen molar-refractivity contribution in [2.75, 3.05) is 19.8 Å². The van der Waals surface area contributed by atoms with Gasteiger partial charge in [0.1, 0.15) is 0 Å². The Bertz CT molecular complexity index is 178. The average molecular weight is 241 g/mol. The minimum Gasteiger partial charge on any atom is -0.381 e. The summed E-state index contributed by atoms with van der Waals surface area (Å²) in [6.07, 6.45) is 7.77. The Kier molecular flexibility index (Phi) is 7.87. The largest absolute Gasteiger partial charge is 0.381 e. The van der Waals surface area contributed by atoms with Crippen LogP contribution in [0.4, 0.5) is 0 Å². The molecule has 0 aromatic carbocycles. The van der Waals surface area contributed by atoms with E-state index in [0.29, 0.717) is 0 Å². The van der Waals surface area contributed by atoms with Crippen LogP contribution >= 0.6 is 0 Å². The molecule has 1 aliphatic rings. The van der Waals surface area contributed by atoms with Crippen LogP contribution < -0.4 is 5.32 Å². The van der Waals surface area contributed by atoms with Crippen molar-refractivity contribution in [1.29, 1.82) is 0 Å². The lowest BCUT2D eigenvalue weighted by Crippen LogP contribution is -2.26. The highest BCUT2D eigenvalue weighted by Gasteiger charge is 2.22. The molecule has 1 fully saturated rings. The molecular weight excluding hydrogens is 210 g/mol. The van der Waals surface area contributed by atoms with Gasteiger partial charge in [0.2, 0.25) is 0 Å². The fraction of sp³-hybridized carbons (Fsp3) is 1.00. The van der Waals surface area contributed by atoms with Crippen molar-refractivity contribution in [1.82, 2.24) is 5.32 Å². The third kappa shape index (κ3) is 8.62. The van der Waals surface area contributed by atoms with Crippen LogP contribution in [0.3, 0.4) is 0 Å². The van der Waals surface area contributed by atoms with Crippen LogP contribution in [-0.4, -0.2) is 25.8 Å². The predicted molar refractivity (Wildman–Crippen MR) is 74.3 cm³/mol. The molecule has 0 aliphatic heterocycles. The van der Waals surface area contributed by atoms with Gasteiger partial charge >= 0.3 is 0 Å². The number of ether oxygens (including phenoxy) is 1. The van der Waals surface area contributed by atoms with Crippen LogP contribution in [0.5, 0.6) is 0 Å². The predicted octanol–water partition coefficient (Wildman–Crippen LogP) is 3.61. The Morgan fingerprint density at radius 3 is 2.59 bits per heavy atom. The van der Waals surface area contributed by atoms with Gasteiger partial charge in [0.15, 0.2) is 0 Å². The summed E-state index contributed by atoms with van der Waals surface area (Å²) in [6, 6.07) is 0.839. The zero-order chi connectivity index (χ0) is 12.5. The van der Waals surface area contributed by atoms with E-state index in [-0.39, 0.29) is 0 Å². The zero-order valence-electron chi connectivity index (χ0n) is 12.0. The first kappa shape index (κ1) is 15.0. The highest BCUT2D eigenvalue weighted by Crippen LogP contribution is 2.21. The van der Waals surface area contributed by atoms with E-state index in [4.69, 9.17) is 4.74 Å². The smallest absolute Gasteiger partial charge is 0.0469 e. The molecule has 1 unspecified atom stereocenters. The van der Waals surface area contributed by atoms with Gasteiger partial charge in [-0.15, -0.1) is 0 Å². The molecule has 1 aliphatic carbocycles. The maximum atomic E-state index is 5.68.